The highest BCUT2D eigenvalue weighted by molar-refractivity contribution is 6.04. The third-order valence-electron chi connectivity index (χ3n) is 3.57. The number of aryl methyl sites for hydroxylation is 3. The van der Waals surface area contributed by atoms with E-state index >= 15 is 0 Å². The molecule has 0 radical (unpaired) electrons. The normalized spacial score (nSPS) is 10.6. The lowest BCUT2D eigenvalue weighted by Crippen LogP contribution is -2.12. The molecular weight excluding hydrogens is 288 g/mol. The van der Waals surface area contributed by atoms with Gasteiger partial charge >= 0.3 is 0 Å². The summed E-state index contributed by atoms with van der Waals surface area (Å²) in [5, 5.41) is 10.8. The zero-order valence-corrected chi connectivity index (χ0v) is 13.4. The summed E-state index contributed by atoms with van der Waals surface area (Å²) in [5.74, 6) is -0.128. The van der Waals surface area contributed by atoms with E-state index in [-0.39, 0.29) is 5.91 Å². The third-order valence-corrected chi connectivity index (χ3v) is 3.57. The number of rotatable bonds is 3. The summed E-state index contributed by atoms with van der Waals surface area (Å²) >= 11 is 0. The van der Waals surface area contributed by atoms with E-state index in [1.54, 1.807) is 23.0 Å². The Kier molecular flexibility index (Phi) is 3.93. The molecule has 0 aliphatic rings. The molecule has 0 fully saturated rings. The maximum absolute atomic E-state index is 12.4. The van der Waals surface area contributed by atoms with Crippen molar-refractivity contribution in [3.8, 4) is 5.69 Å². The fourth-order valence-corrected chi connectivity index (χ4v) is 2.55. The molecule has 0 unspecified atom stereocenters. The first-order chi connectivity index (χ1) is 11.0. The van der Waals surface area contributed by atoms with Gasteiger partial charge in [-0.1, -0.05) is 11.3 Å². The molecule has 0 bridgehead atoms. The SMILES string of the molecule is Cc1cc(C)cc(NC(=O)c2ccc(-n3nncc3C)cc2)c1. The molecule has 5 nitrogen and oxygen atoms in total. The summed E-state index contributed by atoms with van der Waals surface area (Å²) in [5.41, 5.74) is 5.48. The summed E-state index contributed by atoms with van der Waals surface area (Å²) < 4.78 is 1.73. The van der Waals surface area contributed by atoms with E-state index in [4.69, 9.17) is 0 Å². The number of benzene rings is 2. The van der Waals surface area contributed by atoms with E-state index in [9.17, 15) is 4.79 Å². The molecule has 0 aliphatic heterocycles. The summed E-state index contributed by atoms with van der Waals surface area (Å²) in [4.78, 5) is 12.4. The van der Waals surface area contributed by atoms with E-state index in [1.807, 2.05) is 45.0 Å². The van der Waals surface area contributed by atoms with E-state index in [0.717, 1.165) is 28.2 Å². The van der Waals surface area contributed by atoms with E-state index < -0.39 is 0 Å². The van der Waals surface area contributed by atoms with Crippen molar-refractivity contribution in [2.75, 3.05) is 5.32 Å². The van der Waals surface area contributed by atoms with E-state index in [2.05, 4.69) is 21.7 Å². The lowest BCUT2D eigenvalue weighted by Gasteiger charge is -2.08. The zero-order chi connectivity index (χ0) is 16.4. The molecular formula is C18H18N4O. The number of anilines is 1. The molecule has 1 aromatic heterocycles. The fourth-order valence-electron chi connectivity index (χ4n) is 2.55. The molecule has 0 saturated heterocycles. The van der Waals surface area contributed by atoms with Crippen molar-refractivity contribution in [2.24, 2.45) is 0 Å². The second-order valence-electron chi connectivity index (χ2n) is 5.66. The number of nitrogens with one attached hydrogen (secondary N) is 1. The van der Waals surface area contributed by atoms with Gasteiger partial charge in [-0.05, 0) is 68.3 Å². The smallest absolute Gasteiger partial charge is 0.255 e. The fraction of sp³-hybridized carbons (Fsp3) is 0.167. The van der Waals surface area contributed by atoms with Gasteiger partial charge in [-0.25, -0.2) is 4.68 Å². The van der Waals surface area contributed by atoms with Crippen LogP contribution in [0.4, 0.5) is 5.69 Å². The van der Waals surface area contributed by atoms with Crippen molar-refractivity contribution in [3.63, 3.8) is 0 Å². The highest BCUT2D eigenvalue weighted by Gasteiger charge is 2.08. The van der Waals surface area contributed by atoms with Gasteiger partial charge in [-0.3, -0.25) is 4.79 Å². The quantitative estimate of drug-likeness (QED) is 0.806. The number of carbonyl (C=O) groups is 1. The van der Waals surface area contributed by atoms with Crippen molar-refractivity contribution >= 4 is 11.6 Å². The highest BCUT2D eigenvalue weighted by Crippen LogP contribution is 2.16. The monoisotopic (exact) mass is 306 g/mol. The van der Waals surface area contributed by atoms with Gasteiger partial charge < -0.3 is 5.32 Å². The predicted octanol–water partition coefficient (Wildman–Crippen LogP) is 3.44. The maximum atomic E-state index is 12.4. The number of nitrogens with zero attached hydrogens (tertiary/aromatic N) is 3. The Morgan fingerprint density at radius 1 is 1.00 bits per heavy atom. The molecule has 23 heavy (non-hydrogen) atoms. The van der Waals surface area contributed by atoms with Gasteiger partial charge in [0.1, 0.15) is 0 Å². The molecule has 1 amide bonds. The molecule has 0 spiro atoms. The van der Waals surface area contributed by atoms with Crippen LogP contribution in [0.3, 0.4) is 0 Å². The van der Waals surface area contributed by atoms with Gasteiger partial charge in [0, 0.05) is 11.3 Å². The van der Waals surface area contributed by atoms with Crippen LogP contribution in [0.1, 0.15) is 27.2 Å². The Morgan fingerprint density at radius 3 is 2.22 bits per heavy atom. The van der Waals surface area contributed by atoms with Crippen LogP contribution in [-0.2, 0) is 0 Å². The Labute approximate surface area is 135 Å². The lowest BCUT2D eigenvalue weighted by atomic mass is 10.1. The van der Waals surface area contributed by atoms with Gasteiger partial charge in [0.15, 0.2) is 0 Å². The minimum absolute atomic E-state index is 0.128. The van der Waals surface area contributed by atoms with Gasteiger partial charge in [0.25, 0.3) is 5.91 Å². The van der Waals surface area contributed by atoms with Crippen LogP contribution in [0, 0.1) is 20.8 Å². The molecule has 116 valence electrons. The van der Waals surface area contributed by atoms with Gasteiger partial charge in [0.2, 0.25) is 0 Å². The van der Waals surface area contributed by atoms with Crippen LogP contribution in [0.5, 0.6) is 0 Å². The molecule has 3 rings (SSSR count). The molecule has 0 atom stereocenters. The largest absolute Gasteiger partial charge is 0.322 e. The third kappa shape index (κ3) is 3.29. The van der Waals surface area contributed by atoms with Crippen molar-refractivity contribution < 1.29 is 4.79 Å². The van der Waals surface area contributed by atoms with Crippen molar-refractivity contribution in [1.29, 1.82) is 0 Å². The molecule has 2 aromatic carbocycles. The van der Waals surface area contributed by atoms with Crippen LogP contribution in [0.25, 0.3) is 5.69 Å². The number of aromatic nitrogens is 3. The average molecular weight is 306 g/mol. The van der Waals surface area contributed by atoms with Crippen molar-refractivity contribution in [3.05, 3.63) is 71.0 Å². The minimum atomic E-state index is -0.128. The summed E-state index contributed by atoms with van der Waals surface area (Å²) in [6.07, 6.45) is 1.70. The van der Waals surface area contributed by atoms with Crippen LogP contribution in [0.2, 0.25) is 0 Å². The maximum Gasteiger partial charge on any atom is 0.255 e. The van der Waals surface area contributed by atoms with Crippen molar-refractivity contribution in [1.82, 2.24) is 15.0 Å². The number of hydrogen-bond acceptors (Lipinski definition) is 3. The molecule has 0 aliphatic carbocycles. The summed E-state index contributed by atoms with van der Waals surface area (Å²) in [6, 6.07) is 13.3. The first-order valence-corrected chi connectivity index (χ1v) is 7.40. The minimum Gasteiger partial charge on any atom is -0.322 e. The Bertz CT molecular complexity index is 829. The Morgan fingerprint density at radius 2 is 1.65 bits per heavy atom. The van der Waals surface area contributed by atoms with Crippen molar-refractivity contribution in [2.45, 2.75) is 20.8 Å². The zero-order valence-electron chi connectivity index (χ0n) is 13.4. The van der Waals surface area contributed by atoms with Gasteiger partial charge in [0.05, 0.1) is 17.6 Å². The molecule has 3 aromatic rings. The molecule has 5 heteroatoms. The predicted molar refractivity (Wildman–Crippen MR) is 90.0 cm³/mol. The average Bonchev–Trinajstić information content (AvgIpc) is 2.92. The van der Waals surface area contributed by atoms with Crippen LogP contribution >= 0.6 is 0 Å². The van der Waals surface area contributed by atoms with Gasteiger partial charge in [-0.15, -0.1) is 5.10 Å². The topological polar surface area (TPSA) is 59.8 Å². The molecule has 0 saturated carbocycles. The summed E-state index contributed by atoms with van der Waals surface area (Å²) in [7, 11) is 0. The standard InChI is InChI=1S/C18H18N4O/c1-12-8-13(2)10-16(9-12)20-18(23)15-4-6-17(7-5-15)22-14(3)11-19-21-22/h4-11H,1-3H3,(H,20,23). The number of carbonyl (C=O) groups excluding carboxylic acids is 1. The van der Waals surface area contributed by atoms with Crippen LogP contribution in [-0.4, -0.2) is 20.9 Å². The second-order valence-corrected chi connectivity index (χ2v) is 5.66. The van der Waals surface area contributed by atoms with Crippen LogP contribution in [0.15, 0.2) is 48.7 Å². The molecule has 1 N–H and O–H groups in total. The summed E-state index contributed by atoms with van der Waals surface area (Å²) in [6.45, 7) is 5.95. The Hall–Kier alpha value is -2.95. The van der Waals surface area contributed by atoms with E-state index in [1.165, 1.54) is 0 Å². The van der Waals surface area contributed by atoms with Gasteiger partial charge in [-0.2, -0.15) is 0 Å². The first-order valence-electron chi connectivity index (χ1n) is 7.40. The first kappa shape index (κ1) is 15.0. The van der Waals surface area contributed by atoms with Crippen LogP contribution < -0.4 is 5.32 Å². The number of hydrogen-bond donors (Lipinski definition) is 1. The lowest BCUT2D eigenvalue weighted by molar-refractivity contribution is 0.102. The Balaban J connectivity index is 1.79. The highest BCUT2D eigenvalue weighted by atomic mass is 16.1. The van der Waals surface area contributed by atoms with E-state index in [0.29, 0.717) is 5.56 Å². The second kappa shape index (κ2) is 6.04. The number of amides is 1. The molecule has 1 heterocycles.